The van der Waals surface area contributed by atoms with Crippen molar-refractivity contribution in [3.05, 3.63) is 0 Å². The van der Waals surface area contributed by atoms with Gasteiger partial charge in [0, 0.05) is 32.2 Å². The zero-order chi connectivity index (χ0) is 11.4. The second-order valence-electron chi connectivity index (χ2n) is 4.92. The molecule has 0 bridgehead atoms. The number of rotatable bonds is 3. The molecule has 4 nitrogen and oxygen atoms in total. The summed E-state index contributed by atoms with van der Waals surface area (Å²) in [5.41, 5.74) is 0. The minimum absolute atomic E-state index is 0.196. The van der Waals surface area contributed by atoms with Crippen LogP contribution in [0.3, 0.4) is 0 Å². The van der Waals surface area contributed by atoms with Crippen LogP contribution in [0.4, 0.5) is 0 Å². The maximum Gasteiger partial charge on any atom is 0.220 e. The molecule has 1 aliphatic heterocycles. The van der Waals surface area contributed by atoms with E-state index in [4.69, 9.17) is 4.74 Å². The first-order chi connectivity index (χ1) is 7.78. The second-order valence-corrected chi connectivity index (χ2v) is 4.92. The van der Waals surface area contributed by atoms with Crippen molar-refractivity contribution in [1.29, 1.82) is 0 Å². The fraction of sp³-hybridized carbons (Fsp3) is 0.917. The topological polar surface area (TPSA) is 50.4 Å². The number of ether oxygens (including phenoxy) is 1. The van der Waals surface area contributed by atoms with Crippen LogP contribution in [0.5, 0.6) is 0 Å². The van der Waals surface area contributed by atoms with Crippen molar-refractivity contribution in [3.63, 3.8) is 0 Å². The maximum absolute atomic E-state index is 11.0. The number of carbonyl (C=O) groups excluding carboxylic acids is 1. The zero-order valence-corrected chi connectivity index (χ0v) is 10.00. The van der Waals surface area contributed by atoms with E-state index in [1.54, 1.807) is 7.11 Å². The van der Waals surface area contributed by atoms with Crippen LogP contribution in [0.2, 0.25) is 0 Å². The van der Waals surface area contributed by atoms with Crippen LogP contribution in [0.25, 0.3) is 0 Å². The first-order valence-corrected chi connectivity index (χ1v) is 6.33. The standard InChI is InChI=1S/C12H22N2O2/c1-16-11-5-2-9(3-6-11)14-10-4-7-12(15)13-8-10/h9-11,14H,2-8H2,1H3,(H,13,15). The molecule has 1 saturated carbocycles. The van der Waals surface area contributed by atoms with Gasteiger partial charge in [0.25, 0.3) is 0 Å². The molecule has 92 valence electrons. The van der Waals surface area contributed by atoms with E-state index >= 15 is 0 Å². The lowest BCUT2D eigenvalue weighted by Crippen LogP contribution is -2.50. The highest BCUT2D eigenvalue weighted by molar-refractivity contribution is 5.76. The molecule has 4 heteroatoms. The highest BCUT2D eigenvalue weighted by Gasteiger charge is 2.24. The molecule has 2 N–H and O–H groups in total. The lowest BCUT2D eigenvalue weighted by molar-refractivity contribution is -0.122. The Morgan fingerprint density at radius 1 is 1.19 bits per heavy atom. The summed E-state index contributed by atoms with van der Waals surface area (Å²) in [6.07, 6.45) is 6.83. The van der Waals surface area contributed by atoms with Gasteiger partial charge in [0.15, 0.2) is 0 Å². The Labute approximate surface area is 97.1 Å². The first-order valence-electron chi connectivity index (χ1n) is 6.33. The average molecular weight is 226 g/mol. The molecular formula is C12H22N2O2. The molecule has 1 amide bonds. The maximum atomic E-state index is 11.0. The van der Waals surface area contributed by atoms with E-state index in [2.05, 4.69) is 10.6 Å². The molecule has 0 aromatic rings. The molecule has 1 aliphatic carbocycles. The summed E-state index contributed by atoms with van der Waals surface area (Å²) < 4.78 is 5.36. The molecule has 1 heterocycles. The van der Waals surface area contributed by atoms with Crippen molar-refractivity contribution in [3.8, 4) is 0 Å². The molecule has 2 rings (SSSR count). The minimum Gasteiger partial charge on any atom is -0.381 e. The van der Waals surface area contributed by atoms with Crippen LogP contribution in [0.1, 0.15) is 38.5 Å². The molecule has 1 atom stereocenters. The Morgan fingerprint density at radius 3 is 2.50 bits per heavy atom. The Kier molecular flexibility index (Phi) is 4.18. The van der Waals surface area contributed by atoms with Crippen LogP contribution in [0.15, 0.2) is 0 Å². The summed E-state index contributed by atoms with van der Waals surface area (Å²) in [7, 11) is 1.80. The van der Waals surface area contributed by atoms with Crippen LogP contribution in [-0.2, 0) is 9.53 Å². The Bertz CT molecular complexity index is 227. The lowest BCUT2D eigenvalue weighted by Gasteiger charge is -2.33. The number of methoxy groups -OCH3 is 1. The van der Waals surface area contributed by atoms with Crippen LogP contribution in [0, 0.1) is 0 Å². The lowest BCUT2D eigenvalue weighted by atomic mass is 9.92. The number of amides is 1. The number of hydrogen-bond acceptors (Lipinski definition) is 3. The fourth-order valence-electron chi connectivity index (χ4n) is 2.67. The third-order valence-electron chi connectivity index (χ3n) is 3.74. The monoisotopic (exact) mass is 226 g/mol. The van der Waals surface area contributed by atoms with Gasteiger partial charge in [-0.05, 0) is 32.1 Å². The molecule has 1 saturated heterocycles. The van der Waals surface area contributed by atoms with Gasteiger partial charge in [-0.3, -0.25) is 4.79 Å². The Morgan fingerprint density at radius 2 is 1.94 bits per heavy atom. The van der Waals surface area contributed by atoms with Crippen molar-refractivity contribution < 1.29 is 9.53 Å². The third-order valence-corrected chi connectivity index (χ3v) is 3.74. The number of carbonyl (C=O) groups is 1. The molecule has 0 radical (unpaired) electrons. The first kappa shape index (κ1) is 11.9. The summed E-state index contributed by atoms with van der Waals surface area (Å²) in [5, 5.41) is 6.57. The van der Waals surface area contributed by atoms with Crippen molar-refractivity contribution >= 4 is 5.91 Å². The average Bonchev–Trinajstić information content (AvgIpc) is 2.33. The number of hydrogen-bond donors (Lipinski definition) is 2. The van der Waals surface area contributed by atoms with Gasteiger partial charge in [0.2, 0.25) is 5.91 Å². The van der Waals surface area contributed by atoms with Gasteiger partial charge in [-0.15, -0.1) is 0 Å². The number of piperidine rings is 1. The smallest absolute Gasteiger partial charge is 0.220 e. The van der Waals surface area contributed by atoms with Crippen molar-refractivity contribution in [2.45, 2.75) is 56.7 Å². The van der Waals surface area contributed by atoms with Crippen LogP contribution in [-0.4, -0.2) is 37.7 Å². The van der Waals surface area contributed by atoms with E-state index in [1.165, 1.54) is 12.8 Å². The van der Waals surface area contributed by atoms with E-state index in [0.717, 1.165) is 25.8 Å². The summed E-state index contributed by atoms with van der Waals surface area (Å²) in [5.74, 6) is 0.196. The SMILES string of the molecule is COC1CCC(NC2CCC(=O)NC2)CC1. The predicted molar refractivity (Wildman–Crippen MR) is 62.2 cm³/mol. The van der Waals surface area contributed by atoms with Crippen molar-refractivity contribution in [1.82, 2.24) is 10.6 Å². The summed E-state index contributed by atoms with van der Waals surface area (Å²) >= 11 is 0. The molecule has 2 fully saturated rings. The molecule has 2 aliphatic rings. The molecule has 1 unspecified atom stereocenters. The normalized spacial score (nSPS) is 35.8. The molecule has 0 aromatic heterocycles. The minimum atomic E-state index is 0.196. The molecular weight excluding hydrogens is 204 g/mol. The molecule has 0 spiro atoms. The van der Waals surface area contributed by atoms with E-state index < -0.39 is 0 Å². The Hall–Kier alpha value is -0.610. The van der Waals surface area contributed by atoms with Gasteiger partial charge in [0.05, 0.1) is 6.10 Å². The largest absolute Gasteiger partial charge is 0.381 e. The van der Waals surface area contributed by atoms with Crippen LogP contribution < -0.4 is 10.6 Å². The van der Waals surface area contributed by atoms with Gasteiger partial charge in [0.1, 0.15) is 0 Å². The van der Waals surface area contributed by atoms with Crippen molar-refractivity contribution in [2.75, 3.05) is 13.7 Å². The second kappa shape index (κ2) is 5.64. The Balaban J connectivity index is 1.68. The highest BCUT2D eigenvalue weighted by atomic mass is 16.5. The summed E-state index contributed by atoms with van der Waals surface area (Å²) in [4.78, 5) is 11.0. The quantitative estimate of drug-likeness (QED) is 0.749. The van der Waals surface area contributed by atoms with Crippen molar-refractivity contribution in [2.24, 2.45) is 0 Å². The molecule has 16 heavy (non-hydrogen) atoms. The van der Waals surface area contributed by atoms with E-state index in [0.29, 0.717) is 24.6 Å². The van der Waals surface area contributed by atoms with E-state index in [9.17, 15) is 4.79 Å². The van der Waals surface area contributed by atoms with E-state index in [-0.39, 0.29) is 5.91 Å². The summed E-state index contributed by atoms with van der Waals surface area (Å²) in [6.45, 7) is 0.795. The fourth-order valence-corrected chi connectivity index (χ4v) is 2.67. The zero-order valence-electron chi connectivity index (χ0n) is 10.00. The van der Waals surface area contributed by atoms with Crippen LogP contribution >= 0.6 is 0 Å². The van der Waals surface area contributed by atoms with Gasteiger partial charge in [-0.1, -0.05) is 0 Å². The predicted octanol–water partition coefficient (Wildman–Crippen LogP) is 0.812. The third kappa shape index (κ3) is 3.19. The van der Waals surface area contributed by atoms with Gasteiger partial charge in [-0.25, -0.2) is 0 Å². The van der Waals surface area contributed by atoms with E-state index in [1.807, 2.05) is 0 Å². The highest BCUT2D eigenvalue weighted by Crippen LogP contribution is 2.21. The van der Waals surface area contributed by atoms with Gasteiger partial charge >= 0.3 is 0 Å². The molecule has 0 aromatic carbocycles. The van der Waals surface area contributed by atoms with Gasteiger partial charge < -0.3 is 15.4 Å². The van der Waals surface area contributed by atoms with Gasteiger partial charge in [-0.2, -0.15) is 0 Å². The summed E-state index contributed by atoms with van der Waals surface area (Å²) in [6, 6.07) is 1.09. The number of nitrogens with one attached hydrogen (secondary N) is 2.